The lowest BCUT2D eigenvalue weighted by Gasteiger charge is -2.07. The van der Waals surface area contributed by atoms with Crippen molar-refractivity contribution in [2.45, 2.75) is 4.90 Å². The van der Waals surface area contributed by atoms with Gasteiger partial charge >= 0.3 is 0 Å². The molecule has 2 aromatic carbocycles. The molecule has 0 saturated carbocycles. The normalized spacial score (nSPS) is 11.0. The summed E-state index contributed by atoms with van der Waals surface area (Å²) in [6, 6.07) is 12.3. The quantitative estimate of drug-likeness (QED) is 0.475. The van der Waals surface area contributed by atoms with Crippen molar-refractivity contribution in [3.8, 4) is 11.3 Å². The van der Waals surface area contributed by atoms with Crippen molar-refractivity contribution in [1.29, 1.82) is 0 Å². The summed E-state index contributed by atoms with van der Waals surface area (Å²) in [5.74, 6) is -0.406. The number of fused-ring (bicyclic) bond motifs is 1. The molecule has 0 spiro atoms. The lowest BCUT2D eigenvalue weighted by Crippen LogP contribution is -2.16. The number of hydrogen-bond acceptors (Lipinski definition) is 4. The molecule has 4 nitrogen and oxygen atoms in total. The molecule has 8 heteroatoms. The lowest BCUT2D eigenvalue weighted by atomic mass is 10.1. The molecule has 2 aromatic heterocycles. The van der Waals surface area contributed by atoms with E-state index in [0.29, 0.717) is 26.9 Å². The largest absolute Gasteiger partial charge is 0.309 e. The number of thioether (sulfide) groups is 1. The second kappa shape index (κ2) is 7.50. The minimum atomic E-state index is -0.355. The van der Waals surface area contributed by atoms with Crippen LogP contribution in [0.4, 0.5) is 14.6 Å². The zero-order valence-electron chi connectivity index (χ0n) is 13.9. The summed E-state index contributed by atoms with van der Waals surface area (Å²) < 4.78 is 28.7. The van der Waals surface area contributed by atoms with Crippen LogP contribution in [0.1, 0.15) is 0 Å². The second-order valence-corrected chi connectivity index (χ2v) is 7.53. The van der Waals surface area contributed by atoms with Crippen LogP contribution in [-0.4, -0.2) is 21.0 Å². The fourth-order valence-electron chi connectivity index (χ4n) is 2.59. The number of thiazole rings is 1. The summed E-state index contributed by atoms with van der Waals surface area (Å²) >= 11 is 2.56. The fraction of sp³-hybridized carbons (Fsp3) is 0.0526. The molecule has 2 heterocycles. The molecule has 0 aliphatic heterocycles. The van der Waals surface area contributed by atoms with E-state index in [1.54, 1.807) is 40.9 Å². The van der Waals surface area contributed by atoms with Crippen LogP contribution in [-0.2, 0) is 4.79 Å². The summed E-state index contributed by atoms with van der Waals surface area (Å²) in [7, 11) is 0. The van der Waals surface area contributed by atoms with E-state index in [1.165, 1.54) is 29.5 Å². The first-order valence-electron chi connectivity index (χ1n) is 8.00. The van der Waals surface area contributed by atoms with E-state index in [4.69, 9.17) is 0 Å². The third-order valence-electron chi connectivity index (χ3n) is 3.83. The van der Waals surface area contributed by atoms with Gasteiger partial charge < -0.3 is 5.32 Å². The minimum Gasteiger partial charge on any atom is -0.309 e. The molecule has 0 saturated heterocycles. The Morgan fingerprint density at radius 2 is 1.93 bits per heavy atom. The monoisotopic (exact) mass is 401 g/mol. The SMILES string of the molecule is O=C(CSc1ccccc1F)Nc1c(-c2ccc(F)cc2)nc2sccn12. The zero-order valence-corrected chi connectivity index (χ0v) is 15.5. The Bertz CT molecular complexity index is 1110. The van der Waals surface area contributed by atoms with Gasteiger partial charge in [0.2, 0.25) is 5.91 Å². The number of anilines is 1. The number of aromatic nitrogens is 2. The van der Waals surface area contributed by atoms with E-state index in [9.17, 15) is 13.6 Å². The zero-order chi connectivity index (χ0) is 18.8. The van der Waals surface area contributed by atoms with Crippen LogP contribution in [0.15, 0.2) is 65.0 Å². The average molecular weight is 401 g/mol. The van der Waals surface area contributed by atoms with E-state index in [-0.39, 0.29) is 23.3 Å². The van der Waals surface area contributed by atoms with Crippen LogP contribution >= 0.6 is 23.1 Å². The van der Waals surface area contributed by atoms with Gasteiger partial charge in [0.05, 0.1) is 5.75 Å². The summed E-state index contributed by atoms with van der Waals surface area (Å²) in [6.07, 6.45) is 1.81. The number of amides is 1. The van der Waals surface area contributed by atoms with Crippen LogP contribution in [0.5, 0.6) is 0 Å². The first-order chi connectivity index (χ1) is 13.1. The van der Waals surface area contributed by atoms with Gasteiger partial charge in [0, 0.05) is 22.0 Å². The van der Waals surface area contributed by atoms with Crippen molar-refractivity contribution >= 4 is 39.8 Å². The number of halogens is 2. The Kier molecular flexibility index (Phi) is 4.91. The number of carbonyl (C=O) groups excluding carboxylic acids is 1. The molecule has 0 unspecified atom stereocenters. The number of nitrogens with zero attached hydrogens (tertiary/aromatic N) is 2. The molecule has 0 fully saturated rings. The van der Waals surface area contributed by atoms with E-state index in [2.05, 4.69) is 10.3 Å². The molecule has 4 rings (SSSR count). The second-order valence-electron chi connectivity index (χ2n) is 5.64. The number of hydrogen-bond donors (Lipinski definition) is 1. The summed E-state index contributed by atoms with van der Waals surface area (Å²) in [6.45, 7) is 0. The molecule has 1 amide bonds. The first kappa shape index (κ1) is 17.7. The summed E-state index contributed by atoms with van der Waals surface area (Å²) in [5.41, 5.74) is 1.26. The number of nitrogens with one attached hydrogen (secondary N) is 1. The first-order valence-corrected chi connectivity index (χ1v) is 9.87. The number of rotatable bonds is 5. The van der Waals surface area contributed by atoms with Crippen molar-refractivity contribution in [2.24, 2.45) is 0 Å². The smallest absolute Gasteiger partial charge is 0.235 e. The Morgan fingerprint density at radius 3 is 2.70 bits per heavy atom. The number of carbonyl (C=O) groups is 1. The van der Waals surface area contributed by atoms with Crippen molar-refractivity contribution in [3.05, 3.63) is 71.7 Å². The lowest BCUT2D eigenvalue weighted by molar-refractivity contribution is -0.113. The maximum absolute atomic E-state index is 13.7. The van der Waals surface area contributed by atoms with Crippen molar-refractivity contribution in [3.63, 3.8) is 0 Å². The Hall–Kier alpha value is -2.71. The molecular formula is C19H13F2N3OS2. The molecule has 0 aliphatic rings. The van der Waals surface area contributed by atoms with Gasteiger partial charge in [0.1, 0.15) is 23.1 Å². The highest BCUT2D eigenvalue weighted by Gasteiger charge is 2.17. The summed E-state index contributed by atoms with van der Waals surface area (Å²) in [5, 5.41) is 4.72. The van der Waals surface area contributed by atoms with E-state index < -0.39 is 0 Å². The Labute approximate surface area is 161 Å². The van der Waals surface area contributed by atoms with Gasteiger partial charge in [-0.2, -0.15) is 0 Å². The van der Waals surface area contributed by atoms with Crippen LogP contribution in [0.25, 0.3) is 16.2 Å². The van der Waals surface area contributed by atoms with Gasteiger partial charge in [-0.05, 0) is 36.4 Å². The topological polar surface area (TPSA) is 46.4 Å². The van der Waals surface area contributed by atoms with Crippen molar-refractivity contribution in [1.82, 2.24) is 9.38 Å². The maximum Gasteiger partial charge on any atom is 0.235 e. The van der Waals surface area contributed by atoms with Gasteiger partial charge in [-0.1, -0.05) is 12.1 Å². The predicted molar refractivity (Wildman–Crippen MR) is 104 cm³/mol. The Morgan fingerprint density at radius 1 is 1.15 bits per heavy atom. The highest BCUT2D eigenvalue weighted by Crippen LogP contribution is 2.31. The third kappa shape index (κ3) is 3.72. The molecule has 136 valence electrons. The standard InChI is InChI=1S/C19H13F2N3OS2/c20-13-7-5-12(6-8-13)17-18(24-9-10-26-19(24)23-17)22-16(25)11-27-15-4-2-1-3-14(15)21/h1-10H,11H2,(H,22,25). The van der Waals surface area contributed by atoms with Crippen LogP contribution in [0.2, 0.25) is 0 Å². The highest BCUT2D eigenvalue weighted by molar-refractivity contribution is 8.00. The van der Waals surface area contributed by atoms with E-state index in [1.807, 2.05) is 5.38 Å². The molecule has 4 aromatic rings. The third-order valence-corrected chi connectivity index (χ3v) is 5.64. The number of imidazole rings is 1. The molecule has 0 atom stereocenters. The van der Waals surface area contributed by atoms with Gasteiger partial charge in [-0.3, -0.25) is 9.20 Å². The predicted octanol–water partition coefficient (Wildman–Crippen LogP) is 5.07. The minimum absolute atomic E-state index is 0.0567. The molecule has 27 heavy (non-hydrogen) atoms. The molecule has 0 bridgehead atoms. The molecule has 0 radical (unpaired) electrons. The van der Waals surface area contributed by atoms with E-state index >= 15 is 0 Å². The molecular weight excluding hydrogens is 388 g/mol. The maximum atomic E-state index is 13.7. The number of benzene rings is 2. The van der Waals surface area contributed by atoms with Crippen molar-refractivity contribution in [2.75, 3.05) is 11.1 Å². The Balaban J connectivity index is 1.58. The van der Waals surface area contributed by atoms with Gasteiger partial charge in [0.25, 0.3) is 0 Å². The molecule has 0 aliphatic carbocycles. The van der Waals surface area contributed by atoms with Gasteiger partial charge in [-0.25, -0.2) is 13.8 Å². The van der Waals surface area contributed by atoms with Crippen LogP contribution < -0.4 is 5.32 Å². The van der Waals surface area contributed by atoms with E-state index in [0.717, 1.165) is 11.8 Å². The molecule has 1 N–H and O–H groups in total. The highest BCUT2D eigenvalue weighted by atomic mass is 32.2. The van der Waals surface area contributed by atoms with Gasteiger partial charge in [0.15, 0.2) is 4.96 Å². The summed E-state index contributed by atoms with van der Waals surface area (Å²) in [4.78, 5) is 18.1. The van der Waals surface area contributed by atoms with Crippen LogP contribution in [0.3, 0.4) is 0 Å². The average Bonchev–Trinajstić information content (AvgIpc) is 3.24. The van der Waals surface area contributed by atoms with Gasteiger partial charge in [-0.15, -0.1) is 23.1 Å². The van der Waals surface area contributed by atoms with Crippen molar-refractivity contribution < 1.29 is 13.6 Å². The van der Waals surface area contributed by atoms with Crippen LogP contribution in [0, 0.1) is 11.6 Å². The fourth-order valence-corrected chi connectivity index (χ4v) is 4.04.